The molecule has 0 spiro atoms. The molecule has 1 rings (SSSR count). The lowest BCUT2D eigenvalue weighted by Crippen LogP contribution is -2.30. The van der Waals surface area contributed by atoms with Gasteiger partial charge >= 0.3 is 0 Å². The van der Waals surface area contributed by atoms with Gasteiger partial charge in [0.2, 0.25) is 5.91 Å². The molecule has 0 saturated carbocycles. The van der Waals surface area contributed by atoms with Gasteiger partial charge in [0.15, 0.2) is 0 Å². The van der Waals surface area contributed by atoms with Gasteiger partial charge in [0.1, 0.15) is 0 Å². The maximum absolute atomic E-state index is 12.3. The highest BCUT2D eigenvalue weighted by Crippen LogP contribution is 2.40. The Bertz CT molecular complexity index is 381. The molecule has 0 heterocycles. The summed E-state index contributed by atoms with van der Waals surface area (Å²) in [6.45, 7) is 10.9. The summed E-state index contributed by atoms with van der Waals surface area (Å²) < 4.78 is 0. The zero-order chi connectivity index (χ0) is 13.8. The molecule has 0 aliphatic rings. The largest absolute Gasteiger partial charge is 0.326 e. The number of hydrogen-bond donors (Lipinski definition) is 1. The van der Waals surface area contributed by atoms with Gasteiger partial charge in [0.25, 0.3) is 0 Å². The highest BCUT2D eigenvalue weighted by molar-refractivity contribution is 7.57. The average molecular weight is 265 g/mol. The zero-order valence-electron chi connectivity index (χ0n) is 12.0. The molecule has 18 heavy (non-hydrogen) atoms. The van der Waals surface area contributed by atoms with Crippen LogP contribution in [0.15, 0.2) is 30.3 Å². The second-order valence-corrected chi connectivity index (χ2v) is 8.65. The van der Waals surface area contributed by atoms with E-state index in [9.17, 15) is 4.79 Å². The number of rotatable bonds is 4. The molecule has 0 bridgehead atoms. The highest BCUT2D eigenvalue weighted by Gasteiger charge is 2.27. The third-order valence-corrected chi connectivity index (χ3v) is 4.44. The van der Waals surface area contributed by atoms with Gasteiger partial charge in [-0.05, 0) is 37.3 Å². The number of carbonyl (C=O) groups is 1. The summed E-state index contributed by atoms with van der Waals surface area (Å²) >= 11 is 0. The number of hydrogen-bond acceptors (Lipinski definition) is 1. The van der Waals surface area contributed by atoms with Crippen LogP contribution in [0.25, 0.3) is 0 Å². The summed E-state index contributed by atoms with van der Waals surface area (Å²) in [4.78, 5) is 12.3. The average Bonchev–Trinajstić information content (AvgIpc) is 2.25. The quantitative estimate of drug-likeness (QED) is 0.813. The molecule has 1 amide bonds. The highest BCUT2D eigenvalue weighted by atomic mass is 31.1. The van der Waals surface area contributed by atoms with Gasteiger partial charge in [0, 0.05) is 5.69 Å². The number of amides is 1. The van der Waals surface area contributed by atoms with Gasteiger partial charge in [0.05, 0.1) is 5.66 Å². The maximum atomic E-state index is 12.3. The van der Waals surface area contributed by atoms with E-state index < -0.39 is 0 Å². The Morgan fingerprint density at radius 3 is 2.22 bits per heavy atom. The lowest BCUT2D eigenvalue weighted by molar-refractivity contribution is -0.116. The Morgan fingerprint density at radius 1 is 1.22 bits per heavy atom. The van der Waals surface area contributed by atoms with Crippen LogP contribution in [0.5, 0.6) is 0 Å². The molecule has 0 aliphatic heterocycles. The van der Waals surface area contributed by atoms with Crippen molar-refractivity contribution in [1.29, 1.82) is 0 Å². The lowest BCUT2D eigenvalue weighted by atomic mass is 9.90. The minimum absolute atomic E-state index is 0.125. The van der Waals surface area contributed by atoms with Crippen molar-refractivity contribution in [3.05, 3.63) is 30.3 Å². The first kappa shape index (κ1) is 15.2. The molecule has 1 N–H and O–H groups in total. The summed E-state index contributed by atoms with van der Waals surface area (Å²) in [6.07, 6.45) is 0.935. The van der Waals surface area contributed by atoms with Crippen LogP contribution in [0.1, 0.15) is 27.2 Å². The fourth-order valence-corrected chi connectivity index (χ4v) is 3.28. The molecule has 0 radical (unpaired) electrons. The molecular weight excluding hydrogens is 241 g/mol. The number of benzene rings is 1. The summed E-state index contributed by atoms with van der Waals surface area (Å²) in [5, 5.41) is 3.02. The summed E-state index contributed by atoms with van der Waals surface area (Å²) in [5.74, 6) is 0.159. The molecule has 0 aromatic heterocycles. The Morgan fingerprint density at radius 2 is 1.78 bits per heavy atom. The van der Waals surface area contributed by atoms with E-state index in [1.54, 1.807) is 0 Å². The predicted molar refractivity (Wildman–Crippen MR) is 81.7 cm³/mol. The Labute approximate surface area is 112 Å². The van der Waals surface area contributed by atoms with E-state index >= 15 is 0 Å². The van der Waals surface area contributed by atoms with Gasteiger partial charge in [-0.15, -0.1) is 7.92 Å². The van der Waals surface area contributed by atoms with E-state index in [1.807, 2.05) is 30.3 Å². The third kappa shape index (κ3) is 5.18. The minimum atomic E-state index is -0.276. The summed E-state index contributed by atoms with van der Waals surface area (Å²) in [6, 6.07) is 9.69. The van der Waals surface area contributed by atoms with Crippen molar-refractivity contribution in [3.8, 4) is 0 Å². The Balaban J connectivity index is 2.72. The molecule has 0 saturated heterocycles. The van der Waals surface area contributed by atoms with E-state index in [0.29, 0.717) is 0 Å². The van der Waals surface area contributed by atoms with Crippen molar-refractivity contribution in [1.82, 2.24) is 0 Å². The van der Waals surface area contributed by atoms with Crippen LogP contribution in [0.4, 0.5) is 5.69 Å². The monoisotopic (exact) mass is 265 g/mol. The van der Waals surface area contributed by atoms with E-state index in [1.165, 1.54) is 0 Å². The molecule has 1 aromatic carbocycles. The van der Waals surface area contributed by atoms with Gasteiger partial charge in [-0.1, -0.05) is 39.0 Å². The van der Waals surface area contributed by atoms with Crippen molar-refractivity contribution in [3.63, 3.8) is 0 Å². The fraction of sp³-hybridized carbons (Fsp3) is 0.533. The molecule has 0 fully saturated rings. The fourth-order valence-electron chi connectivity index (χ4n) is 1.84. The van der Waals surface area contributed by atoms with Crippen LogP contribution in [0.2, 0.25) is 0 Å². The zero-order valence-corrected chi connectivity index (χ0v) is 12.9. The van der Waals surface area contributed by atoms with E-state index in [2.05, 4.69) is 39.4 Å². The second kappa shape index (κ2) is 6.33. The van der Waals surface area contributed by atoms with Crippen LogP contribution in [-0.4, -0.2) is 24.9 Å². The van der Waals surface area contributed by atoms with Crippen molar-refractivity contribution in [2.75, 3.05) is 18.6 Å². The van der Waals surface area contributed by atoms with E-state index in [4.69, 9.17) is 0 Å². The smallest absolute Gasteiger partial charge is 0.231 e. The normalized spacial score (nSPS) is 13.4. The first-order chi connectivity index (χ1) is 8.29. The first-order valence-electron chi connectivity index (χ1n) is 6.32. The van der Waals surface area contributed by atoms with Gasteiger partial charge in [-0.25, -0.2) is 0 Å². The SMILES string of the molecule is CP(C)C(CC(C)(C)C)C(=O)Nc1ccccc1. The van der Waals surface area contributed by atoms with Crippen LogP contribution in [0.3, 0.4) is 0 Å². The van der Waals surface area contributed by atoms with Crippen LogP contribution in [-0.2, 0) is 4.79 Å². The molecular formula is C15H24NOP. The molecule has 1 unspecified atom stereocenters. The van der Waals surface area contributed by atoms with Crippen molar-refractivity contribution in [2.45, 2.75) is 32.9 Å². The molecule has 1 atom stereocenters. The summed E-state index contributed by atoms with van der Waals surface area (Å²) in [7, 11) is -0.276. The molecule has 100 valence electrons. The van der Waals surface area contributed by atoms with Crippen LogP contribution < -0.4 is 5.32 Å². The topological polar surface area (TPSA) is 29.1 Å². The summed E-state index contributed by atoms with van der Waals surface area (Å²) in [5.41, 5.74) is 1.20. The van der Waals surface area contributed by atoms with Gasteiger partial charge < -0.3 is 5.32 Å². The van der Waals surface area contributed by atoms with Crippen LogP contribution in [0, 0.1) is 5.41 Å². The van der Waals surface area contributed by atoms with Gasteiger partial charge in [-0.3, -0.25) is 4.79 Å². The Hall–Kier alpha value is -0.880. The van der Waals surface area contributed by atoms with Crippen molar-refractivity contribution >= 4 is 19.5 Å². The minimum Gasteiger partial charge on any atom is -0.326 e. The number of nitrogens with one attached hydrogen (secondary N) is 1. The number of anilines is 1. The predicted octanol–water partition coefficient (Wildman–Crippen LogP) is 4.17. The molecule has 2 nitrogen and oxygen atoms in total. The van der Waals surface area contributed by atoms with Crippen LogP contribution >= 0.6 is 7.92 Å². The second-order valence-electron chi connectivity index (χ2n) is 6.10. The molecule has 1 aromatic rings. The van der Waals surface area contributed by atoms with E-state index in [-0.39, 0.29) is 24.9 Å². The van der Waals surface area contributed by atoms with E-state index in [0.717, 1.165) is 12.1 Å². The maximum Gasteiger partial charge on any atom is 0.231 e. The number of carbonyl (C=O) groups excluding carboxylic acids is 1. The molecule has 3 heteroatoms. The Kier molecular flexibility index (Phi) is 5.34. The van der Waals surface area contributed by atoms with Crippen molar-refractivity contribution < 1.29 is 4.79 Å². The van der Waals surface area contributed by atoms with Crippen molar-refractivity contribution in [2.24, 2.45) is 5.41 Å². The lowest BCUT2D eigenvalue weighted by Gasteiger charge is -2.28. The standard InChI is InChI=1S/C15H24NOP/c1-15(2,3)11-13(18(4)5)14(17)16-12-9-7-6-8-10-12/h6-10,13H,11H2,1-5H3,(H,16,17). The molecule has 0 aliphatic carbocycles. The number of para-hydroxylation sites is 1. The van der Waals surface area contributed by atoms with Gasteiger partial charge in [-0.2, -0.15) is 0 Å². The third-order valence-electron chi connectivity index (χ3n) is 2.77. The first-order valence-corrected chi connectivity index (χ1v) is 8.62.